The van der Waals surface area contributed by atoms with Crippen LogP contribution in [0.4, 0.5) is 18.9 Å². The zero-order valence-electron chi connectivity index (χ0n) is 17.3. The van der Waals surface area contributed by atoms with Gasteiger partial charge >= 0.3 is 11.9 Å². The van der Waals surface area contributed by atoms with Crippen LogP contribution < -0.4 is 10.1 Å². The molecular weight excluding hydrogens is 437 g/mol. The molecule has 0 bridgehead atoms. The van der Waals surface area contributed by atoms with Crippen molar-refractivity contribution in [3.8, 4) is 17.0 Å². The fourth-order valence-corrected chi connectivity index (χ4v) is 3.78. The van der Waals surface area contributed by atoms with Crippen LogP contribution in [0.3, 0.4) is 0 Å². The molecule has 1 aliphatic carbocycles. The summed E-state index contributed by atoms with van der Waals surface area (Å²) < 4.78 is 48.5. The number of para-hydroxylation sites is 1. The molecule has 170 valence electrons. The van der Waals surface area contributed by atoms with Crippen LogP contribution in [0, 0.1) is 17.5 Å². The topological polar surface area (TPSA) is 88.5 Å². The summed E-state index contributed by atoms with van der Waals surface area (Å²) in [5, 5.41) is 12.0. The number of pyridine rings is 1. The highest BCUT2D eigenvalue weighted by Crippen LogP contribution is 2.30. The standard InChI is InChI=1S/C24H19F3N2O4/c25-18-9-8-15(11-17(18)21-20(27)10-13(12-28-21)23(30)31)33-24(32)16-6-3-7-19(26)22(16)29-14-4-1-2-5-14/h3,6-12,14,29H,1-2,4-5H2,(H,30,31). The number of carbonyl (C=O) groups is 2. The number of nitrogens with one attached hydrogen (secondary N) is 1. The normalized spacial score (nSPS) is 13.7. The van der Waals surface area contributed by atoms with Crippen LogP contribution in [-0.2, 0) is 0 Å². The van der Waals surface area contributed by atoms with Crippen LogP contribution in [0.25, 0.3) is 11.3 Å². The predicted octanol–water partition coefficient (Wildman–Crippen LogP) is 5.44. The maximum atomic E-state index is 14.5. The molecule has 33 heavy (non-hydrogen) atoms. The summed E-state index contributed by atoms with van der Waals surface area (Å²) in [4.78, 5) is 27.5. The number of ether oxygens (including phenoxy) is 1. The molecule has 2 aromatic carbocycles. The average molecular weight is 456 g/mol. The van der Waals surface area contributed by atoms with E-state index in [1.807, 2.05) is 0 Å². The number of rotatable bonds is 6. The quantitative estimate of drug-likeness (QED) is 0.380. The number of carboxylic acids is 1. The van der Waals surface area contributed by atoms with Crippen LogP contribution in [-0.4, -0.2) is 28.1 Å². The van der Waals surface area contributed by atoms with Crippen molar-refractivity contribution in [1.29, 1.82) is 0 Å². The molecule has 1 saturated carbocycles. The lowest BCUT2D eigenvalue weighted by Crippen LogP contribution is -2.20. The van der Waals surface area contributed by atoms with Gasteiger partial charge in [-0.1, -0.05) is 18.9 Å². The van der Waals surface area contributed by atoms with E-state index in [4.69, 9.17) is 9.84 Å². The largest absolute Gasteiger partial charge is 0.478 e. The zero-order chi connectivity index (χ0) is 23.5. The number of esters is 1. The van der Waals surface area contributed by atoms with Gasteiger partial charge in [0.15, 0.2) is 0 Å². The van der Waals surface area contributed by atoms with Gasteiger partial charge < -0.3 is 15.2 Å². The summed E-state index contributed by atoms with van der Waals surface area (Å²) >= 11 is 0. The molecule has 0 spiro atoms. The summed E-state index contributed by atoms with van der Waals surface area (Å²) in [6.07, 6.45) is 4.66. The molecule has 1 aromatic heterocycles. The van der Waals surface area contributed by atoms with E-state index in [2.05, 4.69) is 10.3 Å². The molecule has 4 rings (SSSR count). The Kier molecular flexibility index (Phi) is 6.30. The van der Waals surface area contributed by atoms with Gasteiger partial charge in [-0.15, -0.1) is 0 Å². The van der Waals surface area contributed by atoms with Gasteiger partial charge in [-0.3, -0.25) is 4.98 Å². The SMILES string of the molecule is O=C(O)c1cnc(-c2cc(OC(=O)c3cccc(F)c3NC3CCCC3)ccc2F)c(F)c1. The molecule has 0 unspecified atom stereocenters. The van der Waals surface area contributed by atoms with Crippen LogP contribution in [0.1, 0.15) is 46.4 Å². The van der Waals surface area contributed by atoms with E-state index in [0.717, 1.165) is 50.1 Å². The summed E-state index contributed by atoms with van der Waals surface area (Å²) in [7, 11) is 0. The molecular formula is C24H19F3N2O4. The van der Waals surface area contributed by atoms with Crippen molar-refractivity contribution in [3.05, 3.63) is 77.2 Å². The van der Waals surface area contributed by atoms with Crippen LogP contribution in [0.5, 0.6) is 5.75 Å². The van der Waals surface area contributed by atoms with Gasteiger partial charge in [0.1, 0.15) is 28.9 Å². The average Bonchev–Trinajstić information content (AvgIpc) is 3.30. The Morgan fingerprint density at radius 3 is 2.45 bits per heavy atom. The number of aromatic carboxylic acids is 1. The van der Waals surface area contributed by atoms with Crippen molar-refractivity contribution in [3.63, 3.8) is 0 Å². The van der Waals surface area contributed by atoms with E-state index in [0.29, 0.717) is 0 Å². The van der Waals surface area contributed by atoms with Gasteiger partial charge in [-0.05, 0) is 49.2 Å². The highest BCUT2D eigenvalue weighted by molar-refractivity contribution is 5.97. The van der Waals surface area contributed by atoms with Gasteiger partial charge in [0.25, 0.3) is 0 Å². The Morgan fingerprint density at radius 1 is 1.00 bits per heavy atom. The van der Waals surface area contributed by atoms with Crippen molar-refractivity contribution in [2.75, 3.05) is 5.32 Å². The van der Waals surface area contributed by atoms with E-state index in [9.17, 15) is 22.8 Å². The van der Waals surface area contributed by atoms with Gasteiger partial charge in [0.2, 0.25) is 0 Å². The fourth-order valence-electron chi connectivity index (χ4n) is 3.78. The first-order valence-corrected chi connectivity index (χ1v) is 10.3. The first-order valence-electron chi connectivity index (χ1n) is 10.3. The van der Waals surface area contributed by atoms with E-state index in [1.165, 1.54) is 24.3 Å². The highest BCUT2D eigenvalue weighted by Gasteiger charge is 2.23. The summed E-state index contributed by atoms with van der Waals surface area (Å²) in [5.74, 6) is -4.86. The molecule has 0 amide bonds. The van der Waals surface area contributed by atoms with Gasteiger partial charge in [-0.25, -0.2) is 22.8 Å². The third-order valence-corrected chi connectivity index (χ3v) is 5.43. The molecule has 1 fully saturated rings. The molecule has 0 atom stereocenters. The van der Waals surface area contributed by atoms with Crippen LogP contribution in [0.2, 0.25) is 0 Å². The maximum Gasteiger partial charge on any atom is 0.345 e. The minimum absolute atomic E-state index is 0.0251. The Labute approximate surface area is 187 Å². The minimum atomic E-state index is -1.38. The van der Waals surface area contributed by atoms with E-state index < -0.39 is 40.6 Å². The number of carboxylic acid groups (broad SMARTS) is 1. The minimum Gasteiger partial charge on any atom is -0.478 e. The van der Waals surface area contributed by atoms with Crippen molar-refractivity contribution < 1.29 is 32.6 Å². The maximum absolute atomic E-state index is 14.5. The summed E-state index contributed by atoms with van der Waals surface area (Å²) in [5.41, 5.74) is -1.15. The number of aromatic nitrogens is 1. The van der Waals surface area contributed by atoms with E-state index in [-0.39, 0.29) is 28.6 Å². The Morgan fingerprint density at radius 2 is 1.76 bits per heavy atom. The van der Waals surface area contributed by atoms with Crippen LogP contribution in [0.15, 0.2) is 48.7 Å². The van der Waals surface area contributed by atoms with Crippen LogP contribution >= 0.6 is 0 Å². The number of benzene rings is 2. The molecule has 9 heteroatoms. The summed E-state index contributed by atoms with van der Waals surface area (Å²) in [6.45, 7) is 0. The Balaban J connectivity index is 1.61. The first-order chi connectivity index (χ1) is 15.8. The van der Waals surface area contributed by atoms with Crippen molar-refractivity contribution in [1.82, 2.24) is 4.98 Å². The highest BCUT2D eigenvalue weighted by atomic mass is 19.1. The van der Waals surface area contributed by atoms with Gasteiger partial charge in [0.05, 0.1) is 16.8 Å². The Hall–Kier alpha value is -3.88. The summed E-state index contributed by atoms with van der Waals surface area (Å²) in [6, 6.07) is 8.01. The van der Waals surface area contributed by atoms with Crippen molar-refractivity contribution >= 4 is 17.6 Å². The van der Waals surface area contributed by atoms with Crippen molar-refractivity contribution in [2.45, 2.75) is 31.7 Å². The number of nitrogens with zero attached hydrogens (tertiary/aromatic N) is 1. The second-order valence-electron chi connectivity index (χ2n) is 7.68. The molecule has 3 aromatic rings. The lowest BCUT2D eigenvalue weighted by molar-refractivity contribution is 0.0693. The molecule has 0 radical (unpaired) electrons. The predicted molar refractivity (Wildman–Crippen MR) is 114 cm³/mol. The molecule has 6 nitrogen and oxygen atoms in total. The number of hydrogen-bond donors (Lipinski definition) is 2. The van der Waals surface area contributed by atoms with E-state index in [1.54, 1.807) is 0 Å². The molecule has 0 aliphatic heterocycles. The fraction of sp³-hybridized carbons (Fsp3) is 0.208. The first kappa shape index (κ1) is 22.3. The number of anilines is 1. The third-order valence-electron chi connectivity index (χ3n) is 5.43. The second-order valence-corrected chi connectivity index (χ2v) is 7.68. The Bertz CT molecular complexity index is 1230. The molecule has 0 saturated heterocycles. The van der Waals surface area contributed by atoms with Gasteiger partial charge in [0, 0.05) is 17.8 Å². The number of halogens is 3. The molecule has 2 N–H and O–H groups in total. The lowest BCUT2D eigenvalue weighted by atomic mass is 10.1. The van der Waals surface area contributed by atoms with Crippen molar-refractivity contribution in [2.24, 2.45) is 0 Å². The molecule has 1 heterocycles. The third kappa shape index (κ3) is 4.82. The number of carbonyl (C=O) groups excluding carboxylic acids is 1. The zero-order valence-corrected chi connectivity index (χ0v) is 17.3. The smallest absolute Gasteiger partial charge is 0.345 e. The number of hydrogen-bond acceptors (Lipinski definition) is 5. The second kappa shape index (κ2) is 9.32. The monoisotopic (exact) mass is 456 g/mol. The molecule has 1 aliphatic rings. The van der Waals surface area contributed by atoms with Gasteiger partial charge in [-0.2, -0.15) is 0 Å². The lowest BCUT2D eigenvalue weighted by Gasteiger charge is -2.17. The van der Waals surface area contributed by atoms with E-state index >= 15 is 0 Å².